The van der Waals surface area contributed by atoms with Crippen molar-refractivity contribution >= 4 is 11.8 Å². The Labute approximate surface area is 206 Å². The largest absolute Gasteiger partial charge is 0.334 e. The maximum absolute atomic E-state index is 14.7. The molecule has 0 amide bonds. The van der Waals surface area contributed by atoms with Gasteiger partial charge in [-0.15, -0.1) is 0 Å². The van der Waals surface area contributed by atoms with E-state index in [-0.39, 0.29) is 40.2 Å². The maximum atomic E-state index is 14.7. The highest BCUT2D eigenvalue weighted by Gasteiger charge is 2.62. The van der Waals surface area contributed by atoms with Crippen LogP contribution in [0.4, 0.5) is 8.78 Å². The topological polar surface area (TPSA) is 89.4 Å². The van der Waals surface area contributed by atoms with Gasteiger partial charge < -0.3 is 4.52 Å². The van der Waals surface area contributed by atoms with Gasteiger partial charge in [0, 0.05) is 12.1 Å². The first-order valence-corrected chi connectivity index (χ1v) is 11.7. The number of benzene rings is 1. The standard InChI is InChI=1S/C27H22F2N6O/c1-4-22-32-25(35-36-22)24-30-13-11-20(31-24)27-12-10-16(26(27,2)3)15-8-9-21(27)34-33-19(14-15)23-17(28)6-5-7-18(23)29/h4-7,11,13-16,21H,1,10,12H2,2-3H3/t15?,16-,21?,27-/m0/s1. The summed E-state index contributed by atoms with van der Waals surface area (Å²) in [6.07, 6.45) is 6.52. The van der Waals surface area contributed by atoms with Crippen molar-refractivity contribution < 1.29 is 13.3 Å². The Kier molecular flexibility index (Phi) is 4.97. The third-order valence-electron chi connectivity index (χ3n) is 7.98. The van der Waals surface area contributed by atoms with Crippen LogP contribution in [-0.4, -0.2) is 26.2 Å². The molecule has 180 valence electrons. The van der Waals surface area contributed by atoms with E-state index in [1.165, 1.54) is 24.3 Å². The summed E-state index contributed by atoms with van der Waals surface area (Å²) in [7, 11) is 0. The summed E-state index contributed by atoms with van der Waals surface area (Å²) in [5, 5.41) is 12.9. The fourth-order valence-electron chi connectivity index (χ4n) is 6.12. The molecular formula is C27H22F2N6O. The van der Waals surface area contributed by atoms with Crippen LogP contribution in [0.25, 0.3) is 23.4 Å². The summed E-state index contributed by atoms with van der Waals surface area (Å²) in [5.41, 5.74) is -0.211. The van der Waals surface area contributed by atoms with Crippen LogP contribution in [0.3, 0.4) is 0 Å². The van der Waals surface area contributed by atoms with Gasteiger partial charge in [-0.05, 0) is 54.5 Å². The van der Waals surface area contributed by atoms with E-state index in [4.69, 9.17) is 9.51 Å². The highest BCUT2D eigenvalue weighted by molar-refractivity contribution is 5.66. The van der Waals surface area contributed by atoms with Crippen molar-refractivity contribution in [1.29, 1.82) is 0 Å². The molecule has 7 nitrogen and oxygen atoms in total. The number of halogens is 2. The zero-order chi connectivity index (χ0) is 25.1. The predicted molar refractivity (Wildman–Crippen MR) is 128 cm³/mol. The van der Waals surface area contributed by atoms with Gasteiger partial charge in [-0.3, -0.25) is 0 Å². The van der Waals surface area contributed by atoms with Crippen LogP contribution < -0.4 is 0 Å². The summed E-state index contributed by atoms with van der Waals surface area (Å²) < 4.78 is 34.5. The lowest BCUT2D eigenvalue weighted by Gasteiger charge is -2.45. The highest BCUT2D eigenvalue weighted by atomic mass is 19.1. The molecule has 4 atom stereocenters. The van der Waals surface area contributed by atoms with Crippen molar-refractivity contribution in [2.24, 2.45) is 27.5 Å². The van der Waals surface area contributed by atoms with Gasteiger partial charge in [0.1, 0.15) is 17.7 Å². The molecule has 3 aromatic rings. The second-order valence-corrected chi connectivity index (χ2v) is 9.85. The average molecular weight is 485 g/mol. The highest BCUT2D eigenvalue weighted by Crippen LogP contribution is 2.63. The van der Waals surface area contributed by atoms with Crippen LogP contribution in [0.15, 0.2) is 57.9 Å². The second-order valence-electron chi connectivity index (χ2n) is 9.85. The van der Waals surface area contributed by atoms with Gasteiger partial charge in [-0.25, -0.2) is 18.7 Å². The van der Waals surface area contributed by atoms with Crippen molar-refractivity contribution in [3.8, 4) is 23.5 Å². The van der Waals surface area contributed by atoms with Crippen LogP contribution >= 0.6 is 0 Å². The summed E-state index contributed by atoms with van der Waals surface area (Å²) >= 11 is 0. The fraction of sp³-hybridized carbons (Fsp3) is 0.333. The Bertz CT molecular complexity index is 1490. The maximum Gasteiger partial charge on any atom is 0.250 e. The van der Waals surface area contributed by atoms with E-state index in [2.05, 4.69) is 57.6 Å². The molecule has 3 aliphatic rings. The first-order valence-electron chi connectivity index (χ1n) is 11.7. The molecule has 2 aliphatic carbocycles. The fourth-order valence-corrected chi connectivity index (χ4v) is 6.12. The molecule has 1 fully saturated rings. The molecule has 1 saturated carbocycles. The van der Waals surface area contributed by atoms with Crippen LogP contribution in [0.1, 0.15) is 43.8 Å². The zero-order valence-corrected chi connectivity index (χ0v) is 19.7. The lowest BCUT2D eigenvalue weighted by molar-refractivity contribution is 0.122. The molecule has 9 heteroatoms. The Morgan fingerprint density at radius 2 is 1.92 bits per heavy atom. The molecule has 0 spiro atoms. The SMILES string of the molecule is C=Cc1nc(-c2nccc([C@@]34CC[C@@H](C5C#CC3N=NC(c3c(F)cccc3F)=C5)C4(C)C)n2)no1. The predicted octanol–water partition coefficient (Wildman–Crippen LogP) is 5.63. The van der Waals surface area contributed by atoms with Gasteiger partial charge in [0.25, 0.3) is 0 Å². The normalized spacial score (nSPS) is 27.4. The van der Waals surface area contributed by atoms with Crippen molar-refractivity contribution in [3.63, 3.8) is 0 Å². The Morgan fingerprint density at radius 1 is 1.11 bits per heavy atom. The number of hydrogen-bond donors (Lipinski definition) is 0. The van der Waals surface area contributed by atoms with E-state index in [1.807, 2.05) is 6.07 Å². The third kappa shape index (κ3) is 3.10. The molecule has 0 N–H and O–H groups in total. The monoisotopic (exact) mass is 484 g/mol. The molecule has 2 unspecified atom stereocenters. The summed E-state index contributed by atoms with van der Waals surface area (Å²) in [4.78, 5) is 13.5. The first-order chi connectivity index (χ1) is 17.3. The van der Waals surface area contributed by atoms with Gasteiger partial charge in [0.15, 0.2) is 0 Å². The summed E-state index contributed by atoms with van der Waals surface area (Å²) in [5.74, 6) is 6.02. The van der Waals surface area contributed by atoms with Crippen molar-refractivity contribution in [3.05, 3.63) is 71.9 Å². The van der Waals surface area contributed by atoms with Crippen LogP contribution in [-0.2, 0) is 5.41 Å². The Hall–Kier alpha value is -4.06. The average Bonchev–Trinajstić information content (AvgIpc) is 3.41. The molecule has 2 aromatic heterocycles. The van der Waals surface area contributed by atoms with Crippen LogP contribution in [0.2, 0.25) is 0 Å². The van der Waals surface area contributed by atoms with E-state index in [0.717, 1.165) is 18.5 Å². The summed E-state index contributed by atoms with van der Waals surface area (Å²) in [6, 6.07) is 5.08. The van der Waals surface area contributed by atoms with Crippen molar-refractivity contribution in [2.75, 3.05) is 0 Å². The Balaban J connectivity index is 1.51. The minimum Gasteiger partial charge on any atom is -0.334 e. The lowest BCUT2D eigenvalue weighted by atomic mass is 9.59. The number of aromatic nitrogens is 4. The van der Waals surface area contributed by atoms with E-state index in [9.17, 15) is 8.78 Å². The first kappa shape index (κ1) is 22.4. The number of rotatable bonds is 4. The number of fused-ring (bicyclic) bond motifs is 6. The van der Waals surface area contributed by atoms with Gasteiger partial charge >= 0.3 is 0 Å². The van der Waals surface area contributed by atoms with Crippen LogP contribution in [0.5, 0.6) is 0 Å². The molecule has 36 heavy (non-hydrogen) atoms. The number of hydrogen-bond acceptors (Lipinski definition) is 7. The second kappa shape index (κ2) is 7.98. The number of allylic oxidation sites excluding steroid dienone is 1. The van der Waals surface area contributed by atoms with E-state index in [0.29, 0.717) is 5.82 Å². The van der Waals surface area contributed by atoms with Gasteiger partial charge in [0.2, 0.25) is 17.5 Å². The molecule has 0 radical (unpaired) electrons. The van der Waals surface area contributed by atoms with Crippen LogP contribution in [0, 0.1) is 40.7 Å². The lowest BCUT2D eigenvalue weighted by Crippen LogP contribution is -2.48. The number of azo groups is 1. The van der Waals surface area contributed by atoms with E-state index >= 15 is 0 Å². The third-order valence-corrected chi connectivity index (χ3v) is 7.98. The smallest absolute Gasteiger partial charge is 0.250 e. The zero-order valence-electron chi connectivity index (χ0n) is 19.7. The molecule has 1 aliphatic heterocycles. The number of nitrogens with zero attached hydrogens (tertiary/aromatic N) is 6. The van der Waals surface area contributed by atoms with E-state index < -0.39 is 23.1 Å². The van der Waals surface area contributed by atoms with Gasteiger partial charge in [-0.2, -0.15) is 15.2 Å². The molecule has 3 heterocycles. The molecule has 1 aromatic carbocycles. The van der Waals surface area contributed by atoms with Crippen molar-refractivity contribution in [1.82, 2.24) is 20.1 Å². The van der Waals surface area contributed by atoms with Crippen molar-refractivity contribution in [2.45, 2.75) is 38.1 Å². The summed E-state index contributed by atoms with van der Waals surface area (Å²) in [6.45, 7) is 8.01. The molecule has 0 saturated heterocycles. The quantitative estimate of drug-likeness (QED) is 0.448. The van der Waals surface area contributed by atoms with Gasteiger partial charge in [0.05, 0.1) is 22.4 Å². The molecule has 4 bridgehead atoms. The van der Waals surface area contributed by atoms with E-state index in [1.54, 1.807) is 12.3 Å². The molecular weight excluding hydrogens is 462 g/mol. The Morgan fingerprint density at radius 3 is 2.67 bits per heavy atom. The minimum atomic E-state index is -0.679. The van der Waals surface area contributed by atoms with Gasteiger partial charge in [-0.1, -0.05) is 43.5 Å². The minimum absolute atomic E-state index is 0.0966. The molecule has 6 rings (SSSR count).